The number of hydrogen-bond acceptors (Lipinski definition) is 8. The lowest BCUT2D eigenvalue weighted by molar-refractivity contribution is -0.117. The summed E-state index contributed by atoms with van der Waals surface area (Å²) in [5.74, 6) is -0.201. The van der Waals surface area contributed by atoms with Crippen molar-refractivity contribution < 1.29 is 19.1 Å². The molecule has 0 atom stereocenters. The Labute approximate surface area is 247 Å². The van der Waals surface area contributed by atoms with Gasteiger partial charge in [0.05, 0.1) is 18.5 Å². The first-order valence-corrected chi connectivity index (χ1v) is 13.7. The van der Waals surface area contributed by atoms with Crippen LogP contribution < -0.4 is 31.6 Å². The van der Waals surface area contributed by atoms with Gasteiger partial charge in [-0.15, -0.1) is 10.2 Å². The number of benzene rings is 2. The van der Waals surface area contributed by atoms with Crippen LogP contribution in [0.1, 0.15) is 39.3 Å². The first-order valence-electron chi connectivity index (χ1n) is 13.7. The average molecular weight is 582 g/mol. The number of para-hydroxylation sites is 1. The maximum absolute atomic E-state index is 12.8. The van der Waals surface area contributed by atoms with E-state index in [0.717, 1.165) is 24.0 Å². The largest absolute Gasteiger partial charge is 0.494 e. The van der Waals surface area contributed by atoms with Gasteiger partial charge >= 0.3 is 0 Å². The number of hydrogen-bond donors (Lipinski definition) is 4. The molecule has 4 N–H and O–H groups in total. The van der Waals surface area contributed by atoms with Crippen molar-refractivity contribution in [1.82, 2.24) is 25.4 Å². The number of nitrogens with one attached hydrogen (secondary N) is 4. The Morgan fingerprint density at radius 2 is 1.74 bits per heavy atom. The standard InChI is InChI=1S/C31H31N7O5/c1-32-30(41)26-24(16-25(36-37-26)35-29(40)20-13-14-20)34-23-8-4-7-22(27(23)43-3)18-9-11-19(12-10-18)28(39)33-17-21-6-5-15-38(2)31(21)42/h4-12,15-16,20H,13-14,17H2,1-3H3,(H,32,41)(H,33,39)(H2,34,35,36,40). The summed E-state index contributed by atoms with van der Waals surface area (Å²) in [6, 6.07) is 17.5. The van der Waals surface area contributed by atoms with Crippen LogP contribution in [-0.2, 0) is 18.4 Å². The molecule has 0 unspecified atom stereocenters. The van der Waals surface area contributed by atoms with Crippen molar-refractivity contribution >= 4 is 34.9 Å². The summed E-state index contributed by atoms with van der Waals surface area (Å²) in [7, 11) is 4.68. The van der Waals surface area contributed by atoms with Crippen LogP contribution in [0.5, 0.6) is 5.75 Å². The number of rotatable bonds is 10. The number of carbonyl (C=O) groups is 3. The number of aromatic nitrogens is 3. The van der Waals surface area contributed by atoms with Crippen LogP contribution in [-0.4, -0.2) is 46.6 Å². The molecule has 43 heavy (non-hydrogen) atoms. The quantitative estimate of drug-likeness (QED) is 0.222. The number of methoxy groups -OCH3 is 1. The number of carbonyl (C=O) groups excluding carboxylic acids is 3. The number of pyridine rings is 1. The zero-order valence-electron chi connectivity index (χ0n) is 23.9. The second-order valence-electron chi connectivity index (χ2n) is 10.1. The molecule has 220 valence electrons. The van der Waals surface area contributed by atoms with Crippen molar-refractivity contribution in [3.8, 4) is 16.9 Å². The Morgan fingerprint density at radius 3 is 2.44 bits per heavy atom. The molecule has 1 fully saturated rings. The summed E-state index contributed by atoms with van der Waals surface area (Å²) in [4.78, 5) is 49.8. The van der Waals surface area contributed by atoms with Crippen LogP contribution >= 0.6 is 0 Å². The number of ether oxygens (including phenoxy) is 1. The van der Waals surface area contributed by atoms with Gasteiger partial charge in [0.2, 0.25) is 5.91 Å². The molecular formula is C31H31N7O5. The van der Waals surface area contributed by atoms with Gasteiger partial charge in [0, 0.05) is 55.5 Å². The molecule has 12 heteroatoms. The topological polar surface area (TPSA) is 156 Å². The number of amides is 3. The van der Waals surface area contributed by atoms with E-state index in [2.05, 4.69) is 31.5 Å². The van der Waals surface area contributed by atoms with Crippen LogP contribution in [0.3, 0.4) is 0 Å². The van der Waals surface area contributed by atoms with Crippen molar-refractivity contribution in [2.24, 2.45) is 13.0 Å². The van der Waals surface area contributed by atoms with E-state index in [9.17, 15) is 19.2 Å². The van der Waals surface area contributed by atoms with E-state index in [0.29, 0.717) is 28.3 Å². The normalized spacial score (nSPS) is 12.3. The van der Waals surface area contributed by atoms with E-state index in [1.807, 2.05) is 12.1 Å². The Bertz CT molecular complexity index is 1750. The summed E-state index contributed by atoms with van der Waals surface area (Å²) in [6.45, 7) is 0.115. The Hall–Kier alpha value is -5.52. The van der Waals surface area contributed by atoms with Gasteiger partial charge in [-0.1, -0.05) is 30.3 Å². The fourth-order valence-electron chi connectivity index (χ4n) is 4.50. The minimum absolute atomic E-state index is 0.0241. The molecule has 1 aliphatic rings. The van der Waals surface area contributed by atoms with Crippen LogP contribution in [0.2, 0.25) is 0 Å². The van der Waals surface area contributed by atoms with Gasteiger partial charge in [-0.05, 0) is 42.7 Å². The molecule has 0 spiro atoms. The van der Waals surface area contributed by atoms with Crippen molar-refractivity contribution in [2.45, 2.75) is 19.4 Å². The third-order valence-electron chi connectivity index (χ3n) is 7.02. The van der Waals surface area contributed by atoms with Gasteiger partial charge in [0.15, 0.2) is 11.5 Å². The molecule has 12 nitrogen and oxygen atoms in total. The minimum Gasteiger partial charge on any atom is -0.494 e. The monoisotopic (exact) mass is 581 g/mol. The molecule has 2 aromatic carbocycles. The van der Waals surface area contributed by atoms with Crippen molar-refractivity contribution in [3.05, 3.63) is 94.0 Å². The highest BCUT2D eigenvalue weighted by Gasteiger charge is 2.30. The maximum atomic E-state index is 12.8. The average Bonchev–Trinajstić information content (AvgIpc) is 3.87. The highest BCUT2D eigenvalue weighted by Crippen LogP contribution is 2.38. The van der Waals surface area contributed by atoms with Crippen LogP contribution in [0, 0.1) is 5.92 Å². The molecule has 1 aliphatic carbocycles. The molecule has 0 radical (unpaired) electrons. The first-order chi connectivity index (χ1) is 20.8. The van der Waals surface area contributed by atoms with Gasteiger partial charge in [0.1, 0.15) is 5.75 Å². The predicted octanol–water partition coefficient (Wildman–Crippen LogP) is 3.23. The van der Waals surface area contributed by atoms with Gasteiger partial charge in [-0.3, -0.25) is 19.2 Å². The molecule has 2 aromatic heterocycles. The summed E-state index contributed by atoms with van der Waals surface area (Å²) in [5.41, 5.74) is 3.20. The van der Waals surface area contributed by atoms with E-state index >= 15 is 0 Å². The van der Waals surface area contributed by atoms with E-state index < -0.39 is 5.91 Å². The molecule has 4 aromatic rings. The predicted molar refractivity (Wildman–Crippen MR) is 161 cm³/mol. The SMILES string of the molecule is CNC(=O)c1nnc(NC(=O)C2CC2)cc1Nc1cccc(-c2ccc(C(=O)NCc3cccn(C)c3=O)cc2)c1OC. The minimum atomic E-state index is -0.452. The zero-order chi connectivity index (χ0) is 30.5. The summed E-state index contributed by atoms with van der Waals surface area (Å²) in [5, 5.41) is 19.4. The van der Waals surface area contributed by atoms with Crippen LogP contribution in [0.15, 0.2) is 71.7 Å². The lowest BCUT2D eigenvalue weighted by Gasteiger charge is -2.17. The van der Waals surface area contributed by atoms with Gasteiger partial charge < -0.3 is 30.6 Å². The Balaban J connectivity index is 1.37. The molecular weight excluding hydrogens is 550 g/mol. The molecule has 1 saturated carbocycles. The van der Waals surface area contributed by atoms with Crippen LogP contribution in [0.4, 0.5) is 17.2 Å². The lowest BCUT2D eigenvalue weighted by atomic mass is 10.0. The van der Waals surface area contributed by atoms with E-state index in [-0.39, 0.29) is 41.3 Å². The molecule has 5 rings (SSSR count). The third-order valence-corrected chi connectivity index (χ3v) is 7.02. The van der Waals surface area contributed by atoms with Crippen molar-refractivity contribution in [2.75, 3.05) is 24.8 Å². The molecule has 0 bridgehead atoms. The number of anilines is 3. The fourth-order valence-corrected chi connectivity index (χ4v) is 4.50. The highest BCUT2D eigenvalue weighted by atomic mass is 16.5. The van der Waals surface area contributed by atoms with Gasteiger partial charge in [-0.2, -0.15) is 0 Å². The number of nitrogens with zero attached hydrogens (tertiary/aromatic N) is 3. The second kappa shape index (κ2) is 12.6. The summed E-state index contributed by atoms with van der Waals surface area (Å²) in [6.07, 6.45) is 3.34. The summed E-state index contributed by atoms with van der Waals surface area (Å²) < 4.78 is 7.23. The van der Waals surface area contributed by atoms with E-state index in [1.54, 1.807) is 61.8 Å². The number of aryl methyl sites for hydroxylation is 1. The smallest absolute Gasteiger partial charge is 0.273 e. The van der Waals surface area contributed by atoms with Crippen LogP contribution in [0.25, 0.3) is 11.1 Å². The second-order valence-corrected chi connectivity index (χ2v) is 10.1. The maximum Gasteiger partial charge on any atom is 0.273 e. The van der Waals surface area contributed by atoms with E-state index in [4.69, 9.17) is 4.74 Å². The van der Waals surface area contributed by atoms with Crippen molar-refractivity contribution in [3.63, 3.8) is 0 Å². The molecule has 2 heterocycles. The Morgan fingerprint density at radius 1 is 0.977 bits per heavy atom. The first kappa shape index (κ1) is 29.0. The van der Waals surface area contributed by atoms with Crippen molar-refractivity contribution in [1.29, 1.82) is 0 Å². The molecule has 0 saturated heterocycles. The molecule has 0 aliphatic heterocycles. The van der Waals surface area contributed by atoms with E-state index in [1.165, 1.54) is 18.7 Å². The highest BCUT2D eigenvalue weighted by molar-refractivity contribution is 6.00. The zero-order valence-corrected chi connectivity index (χ0v) is 23.9. The van der Waals surface area contributed by atoms with Gasteiger partial charge in [-0.25, -0.2) is 0 Å². The third kappa shape index (κ3) is 6.53. The fraction of sp³-hybridized carbons (Fsp3) is 0.226. The molecule has 3 amide bonds. The Kier molecular flexibility index (Phi) is 8.46. The lowest BCUT2D eigenvalue weighted by Crippen LogP contribution is -2.28. The summed E-state index contributed by atoms with van der Waals surface area (Å²) >= 11 is 0. The van der Waals surface area contributed by atoms with Gasteiger partial charge in [0.25, 0.3) is 17.4 Å².